The number of halogens is 1. The first kappa shape index (κ1) is 15.2. The zero-order valence-electron chi connectivity index (χ0n) is 11.4. The first-order valence-corrected chi connectivity index (χ1v) is 6.97. The molecule has 0 spiro atoms. The molecule has 18 heavy (non-hydrogen) atoms. The number of amides is 1. The van der Waals surface area contributed by atoms with Crippen LogP contribution in [0.4, 0.5) is 0 Å². The quantitative estimate of drug-likeness (QED) is 0.877. The molecule has 0 aliphatic heterocycles. The highest BCUT2D eigenvalue weighted by Gasteiger charge is 2.27. The van der Waals surface area contributed by atoms with E-state index in [1.165, 1.54) is 0 Å². The summed E-state index contributed by atoms with van der Waals surface area (Å²) >= 11 is 3.44. The van der Waals surface area contributed by atoms with E-state index in [2.05, 4.69) is 26.6 Å². The minimum absolute atomic E-state index is 0.00655. The summed E-state index contributed by atoms with van der Waals surface area (Å²) in [6.07, 6.45) is 0. The fourth-order valence-corrected chi connectivity index (χ4v) is 2.18. The highest BCUT2D eigenvalue weighted by atomic mass is 79.9. The minimum atomic E-state index is -0.547. The first-order chi connectivity index (χ1) is 8.36. The lowest BCUT2D eigenvalue weighted by Gasteiger charge is -2.27. The van der Waals surface area contributed by atoms with Crippen molar-refractivity contribution in [3.05, 3.63) is 34.3 Å². The van der Waals surface area contributed by atoms with Gasteiger partial charge in [0.15, 0.2) is 0 Å². The van der Waals surface area contributed by atoms with E-state index in [9.17, 15) is 4.79 Å². The number of likely N-dealkylation sites (N-methyl/N-ethyl adjacent to an activating group) is 1. The number of hydrogen-bond donors (Lipinski definition) is 2. The number of nitrogens with one attached hydrogen (secondary N) is 2. The van der Waals surface area contributed by atoms with Crippen molar-refractivity contribution >= 4 is 21.8 Å². The van der Waals surface area contributed by atoms with Crippen LogP contribution in [0.1, 0.15) is 39.3 Å². The molecule has 0 bridgehead atoms. The smallest absolute Gasteiger partial charge is 0.240 e. The molecule has 3 nitrogen and oxygen atoms in total. The Morgan fingerprint density at radius 3 is 2.67 bits per heavy atom. The third-order valence-electron chi connectivity index (χ3n) is 2.88. The normalized spacial score (nSPS) is 13.2. The van der Waals surface area contributed by atoms with Crippen molar-refractivity contribution in [1.82, 2.24) is 10.6 Å². The van der Waals surface area contributed by atoms with Gasteiger partial charge in [0.05, 0.1) is 11.6 Å². The van der Waals surface area contributed by atoms with Crippen LogP contribution in [0.3, 0.4) is 0 Å². The van der Waals surface area contributed by atoms with E-state index in [4.69, 9.17) is 0 Å². The van der Waals surface area contributed by atoms with Crippen LogP contribution >= 0.6 is 15.9 Å². The van der Waals surface area contributed by atoms with Gasteiger partial charge in [-0.25, -0.2) is 0 Å². The van der Waals surface area contributed by atoms with Gasteiger partial charge in [0, 0.05) is 4.47 Å². The van der Waals surface area contributed by atoms with Gasteiger partial charge in [-0.15, -0.1) is 0 Å². The van der Waals surface area contributed by atoms with Gasteiger partial charge >= 0.3 is 0 Å². The Labute approximate surface area is 117 Å². The fraction of sp³-hybridized carbons (Fsp3) is 0.500. The van der Waals surface area contributed by atoms with Crippen molar-refractivity contribution in [2.24, 2.45) is 0 Å². The van der Waals surface area contributed by atoms with E-state index >= 15 is 0 Å². The maximum Gasteiger partial charge on any atom is 0.240 e. The molecule has 1 atom stereocenters. The Balaban J connectivity index is 2.70. The topological polar surface area (TPSA) is 41.1 Å². The lowest BCUT2D eigenvalue weighted by Crippen LogP contribution is -2.52. The average molecular weight is 313 g/mol. The molecule has 0 aromatic heterocycles. The molecule has 4 heteroatoms. The summed E-state index contributed by atoms with van der Waals surface area (Å²) in [5.41, 5.74) is 0.541. The summed E-state index contributed by atoms with van der Waals surface area (Å²) in [6, 6.07) is 7.96. The molecule has 0 fully saturated rings. The lowest BCUT2D eigenvalue weighted by molar-refractivity contribution is -0.127. The number of benzene rings is 1. The van der Waals surface area contributed by atoms with Crippen LogP contribution < -0.4 is 10.6 Å². The van der Waals surface area contributed by atoms with Gasteiger partial charge in [-0.05, 0) is 45.0 Å². The Hall–Kier alpha value is -0.870. The summed E-state index contributed by atoms with van der Waals surface area (Å²) in [5.74, 6) is 0.0109. The van der Waals surface area contributed by atoms with Crippen molar-refractivity contribution in [3.8, 4) is 0 Å². The molecule has 2 N–H and O–H groups in total. The molecule has 100 valence electrons. The standard InChI is InChI=1S/C14H21BrN2O/c1-5-16-14(3,4)13(18)17-10(2)11-7-6-8-12(15)9-11/h6-10,16H,5H2,1-4H3,(H,17,18). The van der Waals surface area contributed by atoms with Crippen LogP contribution in [-0.4, -0.2) is 18.0 Å². The molecule has 1 aromatic rings. The molecule has 1 rings (SSSR count). The van der Waals surface area contributed by atoms with Gasteiger partial charge in [-0.1, -0.05) is 35.0 Å². The van der Waals surface area contributed by atoms with Crippen LogP contribution in [0.2, 0.25) is 0 Å². The van der Waals surface area contributed by atoms with E-state index in [-0.39, 0.29) is 11.9 Å². The highest BCUT2D eigenvalue weighted by molar-refractivity contribution is 9.10. The highest BCUT2D eigenvalue weighted by Crippen LogP contribution is 2.18. The first-order valence-electron chi connectivity index (χ1n) is 6.18. The summed E-state index contributed by atoms with van der Waals surface area (Å²) in [5, 5.41) is 6.19. The van der Waals surface area contributed by atoms with Crippen molar-refractivity contribution in [2.75, 3.05) is 6.54 Å². The predicted molar refractivity (Wildman–Crippen MR) is 78.5 cm³/mol. The van der Waals surface area contributed by atoms with Gasteiger partial charge in [-0.2, -0.15) is 0 Å². The number of rotatable bonds is 5. The van der Waals surface area contributed by atoms with E-state index in [0.29, 0.717) is 0 Å². The Morgan fingerprint density at radius 2 is 2.11 bits per heavy atom. The Bertz CT molecular complexity index is 418. The molecule has 1 amide bonds. The average Bonchev–Trinajstić information content (AvgIpc) is 2.28. The van der Waals surface area contributed by atoms with E-state index < -0.39 is 5.54 Å². The maximum atomic E-state index is 12.1. The molecule has 0 aliphatic carbocycles. The third-order valence-corrected chi connectivity index (χ3v) is 3.38. The largest absolute Gasteiger partial charge is 0.348 e. The molecule has 1 unspecified atom stereocenters. The maximum absolute atomic E-state index is 12.1. The Morgan fingerprint density at radius 1 is 1.44 bits per heavy atom. The second-order valence-corrected chi connectivity index (χ2v) is 5.82. The lowest BCUT2D eigenvalue weighted by atomic mass is 10.0. The van der Waals surface area contributed by atoms with Gasteiger partial charge in [0.1, 0.15) is 0 Å². The van der Waals surface area contributed by atoms with Crippen LogP contribution in [-0.2, 0) is 4.79 Å². The zero-order chi connectivity index (χ0) is 13.8. The zero-order valence-corrected chi connectivity index (χ0v) is 13.0. The molecule has 0 aliphatic rings. The van der Waals surface area contributed by atoms with Crippen molar-refractivity contribution in [2.45, 2.75) is 39.3 Å². The summed E-state index contributed by atoms with van der Waals surface area (Å²) < 4.78 is 1.02. The molecule has 0 saturated heterocycles. The van der Waals surface area contributed by atoms with Crippen LogP contribution in [0, 0.1) is 0 Å². The predicted octanol–water partition coefficient (Wildman–Crippen LogP) is 3.01. The monoisotopic (exact) mass is 312 g/mol. The molecule has 1 aromatic carbocycles. The van der Waals surface area contributed by atoms with Crippen LogP contribution in [0.15, 0.2) is 28.7 Å². The Kier molecular flexibility index (Phi) is 5.35. The molecule has 0 saturated carbocycles. The van der Waals surface area contributed by atoms with Crippen molar-refractivity contribution < 1.29 is 4.79 Å². The van der Waals surface area contributed by atoms with Gasteiger partial charge in [0.2, 0.25) is 5.91 Å². The third kappa shape index (κ3) is 4.10. The van der Waals surface area contributed by atoms with Crippen molar-refractivity contribution in [3.63, 3.8) is 0 Å². The number of hydrogen-bond acceptors (Lipinski definition) is 2. The molecular weight excluding hydrogens is 292 g/mol. The van der Waals surface area contributed by atoms with Crippen LogP contribution in [0.25, 0.3) is 0 Å². The summed E-state index contributed by atoms with van der Waals surface area (Å²) in [6.45, 7) is 8.53. The summed E-state index contributed by atoms with van der Waals surface area (Å²) in [7, 11) is 0. The molecular formula is C14H21BrN2O. The van der Waals surface area contributed by atoms with Gasteiger partial charge < -0.3 is 10.6 Å². The second kappa shape index (κ2) is 6.34. The number of carbonyl (C=O) groups excluding carboxylic acids is 1. The molecule has 0 radical (unpaired) electrons. The second-order valence-electron chi connectivity index (χ2n) is 4.91. The minimum Gasteiger partial charge on any atom is -0.348 e. The number of carbonyl (C=O) groups is 1. The fourth-order valence-electron chi connectivity index (χ4n) is 1.76. The van der Waals surface area contributed by atoms with Gasteiger partial charge in [-0.3, -0.25) is 4.79 Å². The van der Waals surface area contributed by atoms with E-state index in [0.717, 1.165) is 16.6 Å². The van der Waals surface area contributed by atoms with E-state index in [1.54, 1.807) is 0 Å². The molecule has 0 heterocycles. The van der Waals surface area contributed by atoms with Gasteiger partial charge in [0.25, 0.3) is 0 Å². The van der Waals surface area contributed by atoms with E-state index in [1.807, 2.05) is 52.0 Å². The van der Waals surface area contributed by atoms with Crippen molar-refractivity contribution in [1.29, 1.82) is 0 Å². The summed E-state index contributed by atoms with van der Waals surface area (Å²) in [4.78, 5) is 12.1. The SMILES string of the molecule is CCNC(C)(C)C(=O)NC(C)c1cccc(Br)c1. The van der Waals surface area contributed by atoms with Crippen LogP contribution in [0.5, 0.6) is 0 Å².